The Kier molecular flexibility index (Phi) is 4.91. The number of aromatic amines is 1. The quantitative estimate of drug-likeness (QED) is 0.656. The molecule has 0 atom stereocenters. The minimum atomic E-state index is -3.62. The van der Waals surface area contributed by atoms with Gasteiger partial charge in [-0.25, -0.2) is 18.1 Å². The van der Waals surface area contributed by atoms with E-state index < -0.39 is 10.0 Å². The van der Waals surface area contributed by atoms with Crippen LogP contribution in [-0.2, 0) is 23.0 Å². The molecule has 0 aromatic carbocycles. The largest absolute Gasteiger partial charge is 0.452 e. The average molecular weight is 364 g/mol. The zero-order valence-corrected chi connectivity index (χ0v) is 13.1. The third kappa shape index (κ3) is 3.66. The predicted octanol–water partition coefficient (Wildman–Crippen LogP) is 0.401. The summed E-state index contributed by atoms with van der Waals surface area (Å²) < 4.78 is 32.2. The van der Waals surface area contributed by atoms with E-state index in [0.717, 1.165) is 0 Å². The van der Waals surface area contributed by atoms with Crippen molar-refractivity contribution in [2.24, 2.45) is 0 Å². The second-order valence-corrected chi connectivity index (χ2v) is 6.42. The van der Waals surface area contributed by atoms with Gasteiger partial charge in [-0.15, -0.1) is 0 Å². The number of nitrogens with one attached hydrogen (secondary N) is 3. The van der Waals surface area contributed by atoms with Crippen molar-refractivity contribution >= 4 is 26.0 Å². The lowest BCUT2D eigenvalue weighted by molar-refractivity contribution is 0.470. The maximum absolute atomic E-state index is 12.1. The molecular formula is C10H14BrN5O3S. The second kappa shape index (κ2) is 6.48. The van der Waals surface area contributed by atoms with Crippen molar-refractivity contribution in [2.45, 2.75) is 17.9 Å². The lowest BCUT2D eigenvalue weighted by atomic mass is 10.4. The maximum Gasteiger partial charge on any atom is 0.244 e. The van der Waals surface area contributed by atoms with Gasteiger partial charge in [0.25, 0.3) is 0 Å². The molecule has 2 rings (SSSR count). The third-order valence-electron chi connectivity index (χ3n) is 2.47. The van der Waals surface area contributed by atoms with Crippen LogP contribution in [0.3, 0.4) is 0 Å². The summed E-state index contributed by atoms with van der Waals surface area (Å²) in [4.78, 5) is 4.00. The number of rotatable bonds is 7. The smallest absolute Gasteiger partial charge is 0.244 e. The molecule has 8 nitrogen and oxygen atoms in total. The van der Waals surface area contributed by atoms with E-state index in [1.165, 1.54) is 12.4 Å². The van der Waals surface area contributed by atoms with Gasteiger partial charge in [-0.05, 0) is 23.0 Å². The van der Waals surface area contributed by atoms with Gasteiger partial charge in [0.1, 0.15) is 22.8 Å². The van der Waals surface area contributed by atoms with Crippen LogP contribution in [0.5, 0.6) is 0 Å². The molecule has 0 saturated heterocycles. The second-order valence-electron chi connectivity index (χ2n) is 3.96. The molecule has 110 valence electrons. The number of furan rings is 1. The Morgan fingerprint density at radius 1 is 1.50 bits per heavy atom. The van der Waals surface area contributed by atoms with Crippen LogP contribution in [0.25, 0.3) is 0 Å². The lowest BCUT2D eigenvalue weighted by Crippen LogP contribution is -2.26. The molecule has 3 N–H and O–H groups in total. The maximum atomic E-state index is 12.1. The number of aromatic nitrogens is 3. The molecule has 10 heteroatoms. The number of nitrogens with zero attached hydrogens (tertiary/aromatic N) is 2. The summed E-state index contributed by atoms with van der Waals surface area (Å²) in [5, 5.41) is 9.24. The first-order chi connectivity index (χ1) is 9.53. The standard InChI is InChI=1S/C10H14BrN5O3S/c1-12-5-7-4-8(10(11)19-7)20(17,18)15-3-2-9-13-6-14-16-9/h4,6,12,15H,2-3,5H2,1H3,(H,13,14,16). The number of sulfonamides is 1. The summed E-state index contributed by atoms with van der Waals surface area (Å²) in [5.41, 5.74) is 0. The Balaban J connectivity index is 2.02. The van der Waals surface area contributed by atoms with Crippen LogP contribution in [0.2, 0.25) is 0 Å². The molecule has 2 aromatic heterocycles. The van der Waals surface area contributed by atoms with Gasteiger partial charge >= 0.3 is 0 Å². The normalized spacial score (nSPS) is 11.9. The van der Waals surface area contributed by atoms with Gasteiger partial charge in [-0.1, -0.05) is 0 Å². The van der Waals surface area contributed by atoms with Crippen LogP contribution in [0.4, 0.5) is 0 Å². The fourth-order valence-electron chi connectivity index (χ4n) is 1.58. The average Bonchev–Trinajstić information content (AvgIpc) is 2.99. The van der Waals surface area contributed by atoms with E-state index in [-0.39, 0.29) is 16.1 Å². The Hall–Kier alpha value is -1.23. The molecule has 0 aliphatic rings. The molecule has 0 spiro atoms. The number of halogens is 1. The van der Waals surface area contributed by atoms with Crippen molar-refractivity contribution in [1.82, 2.24) is 25.2 Å². The summed E-state index contributed by atoms with van der Waals surface area (Å²) in [7, 11) is -1.87. The van der Waals surface area contributed by atoms with Gasteiger partial charge in [0, 0.05) is 19.0 Å². The first-order valence-corrected chi connectivity index (χ1v) is 8.07. The Labute approximate surface area is 124 Å². The third-order valence-corrected chi connectivity index (χ3v) is 4.78. The Morgan fingerprint density at radius 3 is 2.95 bits per heavy atom. The van der Waals surface area contributed by atoms with Crippen LogP contribution in [0, 0.1) is 0 Å². The monoisotopic (exact) mass is 363 g/mol. The van der Waals surface area contributed by atoms with Crippen molar-refractivity contribution < 1.29 is 12.8 Å². The molecule has 0 aliphatic carbocycles. The highest BCUT2D eigenvalue weighted by Crippen LogP contribution is 2.25. The molecule has 0 fully saturated rings. The highest BCUT2D eigenvalue weighted by Gasteiger charge is 2.22. The van der Waals surface area contributed by atoms with Crippen molar-refractivity contribution in [3.8, 4) is 0 Å². The molecule has 20 heavy (non-hydrogen) atoms. The van der Waals surface area contributed by atoms with Gasteiger partial charge in [-0.3, -0.25) is 5.10 Å². The van der Waals surface area contributed by atoms with Crippen LogP contribution in [0.1, 0.15) is 11.6 Å². The summed E-state index contributed by atoms with van der Waals surface area (Å²) in [6, 6.07) is 1.48. The summed E-state index contributed by atoms with van der Waals surface area (Å²) >= 11 is 3.11. The minimum Gasteiger partial charge on any atom is -0.452 e. The molecule has 2 aromatic rings. The van der Waals surface area contributed by atoms with Gasteiger partial charge < -0.3 is 9.73 Å². The first kappa shape index (κ1) is 15.2. The molecule has 0 saturated carbocycles. The zero-order chi connectivity index (χ0) is 14.6. The Bertz CT molecular complexity index is 652. The number of H-pyrrole nitrogens is 1. The van der Waals surface area contributed by atoms with E-state index in [1.807, 2.05) is 0 Å². The van der Waals surface area contributed by atoms with Crippen molar-refractivity contribution in [1.29, 1.82) is 0 Å². The number of hydrogen-bond acceptors (Lipinski definition) is 6. The lowest BCUT2D eigenvalue weighted by Gasteiger charge is -2.03. The van der Waals surface area contributed by atoms with Crippen molar-refractivity contribution in [3.05, 3.63) is 28.6 Å². The van der Waals surface area contributed by atoms with E-state index >= 15 is 0 Å². The van der Waals surface area contributed by atoms with E-state index in [9.17, 15) is 8.42 Å². The fourth-order valence-corrected chi connectivity index (χ4v) is 3.60. The molecule has 2 heterocycles. The first-order valence-electron chi connectivity index (χ1n) is 5.79. The fraction of sp³-hybridized carbons (Fsp3) is 0.400. The molecular weight excluding hydrogens is 350 g/mol. The molecule has 0 amide bonds. The summed E-state index contributed by atoms with van der Waals surface area (Å²) in [5.74, 6) is 1.16. The van der Waals surface area contributed by atoms with Gasteiger partial charge in [-0.2, -0.15) is 5.10 Å². The zero-order valence-electron chi connectivity index (χ0n) is 10.7. The summed E-state index contributed by atoms with van der Waals surface area (Å²) in [6.07, 6.45) is 1.80. The van der Waals surface area contributed by atoms with Crippen molar-refractivity contribution in [2.75, 3.05) is 13.6 Å². The van der Waals surface area contributed by atoms with Crippen LogP contribution < -0.4 is 10.0 Å². The van der Waals surface area contributed by atoms with Gasteiger partial charge in [0.05, 0.1) is 6.54 Å². The minimum absolute atomic E-state index is 0.0836. The Morgan fingerprint density at radius 2 is 2.30 bits per heavy atom. The highest BCUT2D eigenvalue weighted by molar-refractivity contribution is 9.10. The van der Waals surface area contributed by atoms with Crippen LogP contribution in [-0.4, -0.2) is 37.2 Å². The summed E-state index contributed by atoms with van der Waals surface area (Å²) in [6.45, 7) is 0.669. The topological polar surface area (TPSA) is 113 Å². The highest BCUT2D eigenvalue weighted by atomic mass is 79.9. The molecule has 0 aliphatic heterocycles. The predicted molar refractivity (Wildman–Crippen MR) is 74.4 cm³/mol. The van der Waals surface area contributed by atoms with Gasteiger partial charge in [0.15, 0.2) is 4.67 Å². The van der Waals surface area contributed by atoms with E-state index in [4.69, 9.17) is 4.42 Å². The number of hydrogen-bond donors (Lipinski definition) is 3. The SMILES string of the molecule is CNCc1cc(S(=O)(=O)NCCc2ncn[nH]2)c(Br)o1. The van der Waals surface area contributed by atoms with Crippen molar-refractivity contribution in [3.63, 3.8) is 0 Å². The van der Waals surface area contributed by atoms with Gasteiger partial charge in [0.2, 0.25) is 10.0 Å². The van der Waals surface area contributed by atoms with E-state index in [1.54, 1.807) is 7.05 Å². The van der Waals surface area contributed by atoms with E-state index in [0.29, 0.717) is 24.6 Å². The molecule has 0 unspecified atom stereocenters. The van der Waals surface area contributed by atoms with E-state index in [2.05, 4.69) is 41.2 Å². The molecule has 0 radical (unpaired) electrons. The van der Waals surface area contributed by atoms with Crippen LogP contribution in [0.15, 0.2) is 26.4 Å². The molecule has 0 bridgehead atoms. The van der Waals surface area contributed by atoms with Crippen LogP contribution >= 0.6 is 15.9 Å².